The molecule has 0 saturated heterocycles. The van der Waals surface area contributed by atoms with E-state index in [4.69, 9.17) is 14.6 Å². The highest BCUT2D eigenvalue weighted by molar-refractivity contribution is 5.47. The van der Waals surface area contributed by atoms with Crippen LogP contribution >= 0.6 is 0 Å². The molecule has 1 aliphatic carbocycles. The summed E-state index contributed by atoms with van der Waals surface area (Å²) in [7, 11) is 3.36. The van der Waals surface area contributed by atoms with E-state index in [1.807, 2.05) is 18.3 Å². The number of rotatable bonds is 6. The monoisotopic (exact) mass is 391 g/mol. The molecule has 29 heavy (non-hydrogen) atoms. The summed E-state index contributed by atoms with van der Waals surface area (Å²) in [6.45, 7) is 5.02. The van der Waals surface area contributed by atoms with Gasteiger partial charge in [-0.15, -0.1) is 0 Å². The molecule has 3 aromatic rings. The molecule has 0 aliphatic heterocycles. The molecule has 1 aromatic heterocycles. The first-order valence-electron chi connectivity index (χ1n) is 10.2. The summed E-state index contributed by atoms with van der Waals surface area (Å²) in [5, 5.41) is 8.45. The number of fused-ring (bicyclic) bond motifs is 1. The largest absolute Gasteiger partial charge is 0.493 e. The van der Waals surface area contributed by atoms with Crippen molar-refractivity contribution in [3.05, 3.63) is 70.5 Å². The lowest BCUT2D eigenvalue weighted by atomic mass is 9.92. The predicted molar refractivity (Wildman–Crippen MR) is 115 cm³/mol. The Bertz CT molecular complexity index is 1010. The second-order valence-corrected chi connectivity index (χ2v) is 7.71. The lowest BCUT2D eigenvalue weighted by molar-refractivity contribution is 0.349. The quantitative estimate of drug-likeness (QED) is 0.663. The van der Waals surface area contributed by atoms with Gasteiger partial charge in [-0.05, 0) is 62.4 Å². The van der Waals surface area contributed by atoms with Crippen LogP contribution in [0.15, 0.2) is 42.6 Å². The number of nitrogens with one attached hydrogen (secondary N) is 1. The van der Waals surface area contributed by atoms with Crippen molar-refractivity contribution in [1.82, 2.24) is 15.1 Å². The average Bonchev–Trinajstić information content (AvgIpc) is 3.18. The van der Waals surface area contributed by atoms with Crippen molar-refractivity contribution < 1.29 is 9.47 Å². The fraction of sp³-hybridized carbons (Fsp3) is 0.375. The van der Waals surface area contributed by atoms with Crippen molar-refractivity contribution in [2.75, 3.05) is 14.2 Å². The van der Waals surface area contributed by atoms with Crippen LogP contribution in [-0.4, -0.2) is 24.0 Å². The second-order valence-electron chi connectivity index (χ2n) is 7.71. The summed E-state index contributed by atoms with van der Waals surface area (Å²) in [6, 6.07) is 12.9. The van der Waals surface area contributed by atoms with Crippen molar-refractivity contribution >= 4 is 0 Å². The van der Waals surface area contributed by atoms with Crippen LogP contribution in [0.1, 0.15) is 46.8 Å². The van der Waals surface area contributed by atoms with Crippen LogP contribution in [0.2, 0.25) is 0 Å². The van der Waals surface area contributed by atoms with Crippen LogP contribution in [0.5, 0.6) is 11.5 Å². The fourth-order valence-electron chi connectivity index (χ4n) is 4.17. The number of aryl methyl sites for hydroxylation is 2. The maximum atomic E-state index is 5.58. The van der Waals surface area contributed by atoms with E-state index in [0.717, 1.165) is 48.6 Å². The molecule has 0 bridgehead atoms. The highest BCUT2D eigenvalue weighted by Gasteiger charge is 2.25. The van der Waals surface area contributed by atoms with Gasteiger partial charge in [0.15, 0.2) is 11.5 Å². The van der Waals surface area contributed by atoms with Gasteiger partial charge in [0, 0.05) is 29.4 Å². The number of aromatic nitrogens is 2. The van der Waals surface area contributed by atoms with E-state index in [1.54, 1.807) is 14.2 Å². The smallest absolute Gasteiger partial charge is 0.165 e. The first kappa shape index (κ1) is 19.5. The molecule has 0 amide bonds. The van der Waals surface area contributed by atoms with Gasteiger partial charge in [-0.2, -0.15) is 5.10 Å². The van der Waals surface area contributed by atoms with Gasteiger partial charge >= 0.3 is 0 Å². The summed E-state index contributed by atoms with van der Waals surface area (Å²) in [5.74, 6) is 1.56. The van der Waals surface area contributed by atoms with E-state index in [9.17, 15) is 0 Å². The van der Waals surface area contributed by atoms with Crippen LogP contribution in [-0.2, 0) is 13.0 Å². The van der Waals surface area contributed by atoms with Gasteiger partial charge in [-0.25, -0.2) is 4.68 Å². The minimum atomic E-state index is 0.287. The molecule has 2 aromatic carbocycles. The van der Waals surface area contributed by atoms with Gasteiger partial charge in [0.25, 0.3) is 0 Å². The van der Waals surface area contributed by atoms with Gasteiger partial charge in [-0.1, -0.05) is 18.2 Å². The van der Waals surface area contributed by atoms with Crippen LogP contribution in [0.3, 0.4) is 0 Å². The molecule has 0 radical (unpaired) electrons. The Hall–Kier alpha value is -2.79. The molecule has 1 atom stereocenters. The van der Waals surface area contributed by atoms with Crippen LogP contribution in [0, 0.1) is 13.8 Å². The summed E-state index contributed by atoms with van der Waals surface area (Å²) in [4.78, 5) is 0. The number of para-hydroxylation sites is 1. The van der Waals surface area contributed by atoms with E-state index in [0.29, 0.717) is 0 Å². The van der Waals surface area contributed by atoms with E-state index in [-0.39, 0.29) is 6.04 Å². The molecule has 1 N–H and O–H groups in total. The zero-order valence-corrected chi connectivity index (χ0v) is 17.7. The first-order valence-corrected chi connectivity index (χ1v) is 10.2. The zero-order valence-electron chi connectivity index (χ0n) is 17.7. The minimum absolute atomic E-state index is 0.287. The van der Waals surface area contributed by atoms with E-state index >= 15 is 0 Å². The SMILES string of the molecule is COc1cccc(CN[C@@H]2CCCc3c2cnn3-c2ccc(C)c(C)c2)c1OC. The number of methoxy groups -OCH3 is 2. The third kappa shape index (κ3) is 3.75. The van der Waals surface area contributed by atoms with E-state index in [2.05, 4.69) is 48.1 Å². The molecule has 0 unspecified atom stereocenters. The molecule has 152 valence electrons. The normalized spacial score (nSPS) is 15.8. The highest BCUT2D eigenvalue weighted by Crippen LogP contribution is 2.34. The third-order valence-electron chi connectivity index (χ3n) is 5.94. The standard InChI is InChI=1S/C24H29N3O2/c1-16-11-12-19(13-17(16)2)27-22-9-6-8-21(20(22)15-26-27)25-14-18-7-5-10-23(28-3)24(18)29-4/h5,7,10-13,15,21,25H,6,8-9,14H2,1-4H3/t21-/m1/s1. The van der Waals surface area contributed by atoms with E-state index in [1.165, 1.54) is 22.4 Å². The molecule has 0 spiro atoms. The topological polar surface area (TPSA) is 48.3 Å². The maximum absolute atomic E-state index is 5.58. The number of nitrogens with zero attached hydrogens (tertiary/aromatic N) is 2. The van der Waals surface area contributed by atoms with Gasteiger partial charge < -0.3 is 14.8 Å². The first-order chi connectivity index (χ1) is 14.1. The number of ether oxygens (including phenoxy) is 2. The number of benzene rings is 2. The molecule has 0 saturated carbocycles. The third-order valence-corrected chi connectivity index (χ3v) is 5.94. The molecular formula is C24H29N3O2. The zero-order chi connectivity index (χ0) is 20.4. The molecule has 1 aliphatic rings. The lowest BCUT2D eigenvalue weighted by Crippen LogP contribution is -2.25. The molecule has 0 fully saturated rings. The summed E-state index contributed by atoms with van der Waals surface area (Å²) in [5.41, 5.74) is 7.46. The minimum Gasteiger partial charge on any atom is -0.493 e. The Kier molecular flexibility index (Phi) is 5.58. The van der Waals surface area contributed by atoms with Crippen molar-refractivity contribution in [2.45, 2.75) is 45.7 Å². The van der Waals surface area contributed by atoms with Gasteiger partial charge in [0.2, 0.25) is 0 Å². The summed E-state index contributed by atoms with van der Waals surface area (Å²) in [6.07, 6.45) is 5.35. The van der Waals surface area contributed by atoms with Gasteiger partial charge in [-0.3, -0.25) is 0 Å². The summed E-state index contributed by atoms with van der Waals surface area (Å²) >= 11 is 0. The second kappa shape index (κ2) is 8.29. The Balaban J connectivity index is 1.57. The molecular weight excluding hydrogens is 362 g/mol. The van der Waals surface area contributed by atoms with E-state index < -0.39 is 0 Å². The van der Waals surface area contributed by atoms with Gasteiger partial charge in [0.1, 0.15) is 0 Å². The highest BCUT2D eigenvalue weighted by atomic mass is 16.5. The average molecular weight is 392 g/mol. The number of hydrogen-bond acceptors (Lipinski definition) is 4. The summed E-state index contributed by atoms with van der Waals surface area (Å²) < 4.78 is 13.1. The predicted octanol–water partition coefficient (Wildman–Crippen LogP) is 4.67. The number of hydrogen-bond donors (Lipinski definition) is 1. The lowest BCUT2D eigenvalue weighted by Gasteiger charge is -2.25. The molecule has 5 heteroatoms. The van der Waals surface area contributed by atoms with Crippen molar-refractivity contribution in [3.63, 3.8) is 0 Å². The fourth-order valence-corrected chi connectivity index (χ4v) is 4.17. The Labute approximate surface area is 172 Å². The molecule has 1 heterocycles. The van der Waals surface area contributed by atoms with Crippen molar-refractivity contribution in [3.8, 4) is 17.2 Å². The maximum Gasteiger partial charge on any atom is 0.165 e. The van der Waals surface area contributed by atoms with Crippen molar-refractivity contribution in [1.29, 1.82) is 0 Å². The Morgan fingerprint density at radius 3 is 2.72 bits per heavy atom. The molecule has 5 nitrogen and oxygen atoms in total. The van der Waals surface area contributed by atoms with Crippen LogP contribution in [0.25, 0.3) is 5.69 Å². The van der Waals surface area contributed by atoms with Gasteiger partial charge in [0.05, 0.1) is 26.1 Å². The Morgan fingerprint density at radius 2 is 1.97 bits per heavy atom. The Morgan fingerprint density at radius 1 is 1.10 bits per heavy atom. The van der Waals surface area contributed by atoms with Crippen molar-refractivity contribution in [2.24, 2.45) is 0 Å². The van der Waals surface area contributed by atoms with Crippen LogP contribution < -0.4 is 14.8 Å². The molecule has 4 rings (SSSR count). The van der Waals surface area contributed by atoms with Crippen LogP contribution in [0.4, 0.5) is 0 Å².